The molecule has 1 saturated carbocycles. The Labute approximate surface area is 82.7 Å². The van der Waals surface area contributed by atoms with Crippen LogP contribution in [0.25, 0.3) is 0 Å². The lowest BCUT2D eigenvalue weighted by Gasteiger charge is -2.05. The average molecular weight is 194 g/mol. The van der Waals surface area contributed by atoms with Crippen molar-refractivity contribution < 1.29 is 4.74 Å². The number of nitrogens with zero attached hydrogens (tertiary/aromatic N) is 2. The number of hydrogen-bond donors (Lipinski definition) is 2. The van der Waals surface area contributed by atoms with Crippen molar-refractivity contribution in [3.63, 3.8) is 0 Å². The van der Waals surface area contributed by atoms with Crippen LogP contribution in [-0.4, -0.2) is 16.6 Å². The van der Waals surface area contributed by atoms with Crippen LogP contribution >= 0.6 is 0 Å². The lowest BCUT2D eigenvalue weighted by molar-refractivity contribution is 0.291. The van der Waals surface area contributed by atoms with E-state index in [1.807, 2.05) is 0 Å². The number of aromatic nitrogens is 2. The topological polar surface area (TPSA) is 73.1 Å². The minimum absolute atomic E-state index is 0.571. The third-order valence-electron chi connectivity index (χ3n) is 2.26. The molecule has 1 heterocycles. The van der Waals surface area contributed by atoms with E-state index in [1.54, 1.807) is 6.07 Å². The third-order valence-corrected chi connectivity index (χ3v) is 2.26. The van der Waals surface area contributed by atoms with E-state index in [4.69, 9.17) is 10.6 Å². The molecule has 5 nitrogen and oxygen atoms in total. The first-order chi connectivity index (χ1) is 6.88. The van der Waals surface area contributed by atoms with Gasteiger partial charge in [0.25, 0.3) is 0 Å². The Morgan fingerprint density at radius 3 is 3.07 bits per heavy atom. The second-order valence-corrected chi connectivity index (χ2v) is 3.47. The lowest BCUT2D eigenvalue weighted by Crippen LogP contribution is -2.09. The Bertz CT molecular complexity index is 301. The first-order valence-electron chi connectivity index (χ1n) is 4.80. The van der Waals surface area contributed by atoms with Crippen molar-refractivity contribution in [2.24, 2.45) is 11.8 Å². The molecule has 0 radical (unpaired) electrons. The summed E-state index contributed by atoms with van der Waals surface area (Å²) in [6.45, 7) is 0.728. The first kappa shape index (κ1) is 9.21. The number of ether oxygens (including phenoxy) is 1. The summed E-state index contributed by atoms with van der Waals surface area (Å²) in [7, 11) is 0. The highest BCUT2D eigenvalue weighted by atomic mass is 16.5. The van der Waals surface area contributed by atoms with E-state index in [0.29, 0.717) is 11.7 Å². The van der Waals surface area contributed by atoms with E-state index in [1.165, 1.54) is 19.2 Å². The minimum atomic E-state index is 0.571. The Kier molecular flexibility index (Phi) is 2.78. The minimum Gasteiger partial charge on any atom is -0.478 e. The largest absolute Gasteiger partial charge is 0.478 e. The molecule has 0 amide bonds. The van der Waals surface area contributed by atoms with Gasteiger partial charge in [0.2, 0.25) is 5.88 Å². The highest BCUT2D eigenvalue weighted by Crippen LogP contribution is 2.32. The molecule has 0 saturated heterocycles. The van der Waals surface area contributed by atoms with Gasteiger partial charge in [0, 0.05) is 6.07 Å². The molecule has 2 rings (SSSR count). The monoisotopic (exact) mass is 194 g/mol. The zero-order valence-electron chi connectivity index (χ0n) is 7.94. The van der Waals surface area contributed by atoms with Gasteiger partial charge in [0.1, 0.15) is 12.1 Å². The number of nitrogens with one attached hydrogen (secondary N) is 1. The number of rotatable bonds is 5. The highest BCUT2D eigenvalue weighted by molar-refractivity contribution is 5.35. The summed E-state index contributed by atoms with van der Waals surface area (Å²) in [5.41, 5.74) is 2.45. The molecular formula is C9H14N4O. The molecule has 0 bridgehead atoms. The predicted molar refractivity (Wildman–Crippen MR) is 52.7 cm³/mol. The summed E-state index contributed by atoms with van der Waals surface area (Å²) in [5.74, 6) is 7.24. The fourth-order valence-electron chi connectivity index (χ4n) is 1.23. The SMILES string of the molecule is NNc1cc(OCCC2CC2)ncn1. The lowest BCUT2D eigenvalue weighted by atomic mass is 10.3. The van der Waals surface area contributed by atoms with Crippen LogP contribution in [0.1, 0.15) is 19.3 Å². The van der Waals surface area contributed by atoms with Crippen LogP contribution in [-0.2, 0) is 0 Å². The summed E-state index contributed by atoms with van der Waals surface area (Å²) < 4.78 is 5.45. The first-order valence-corrected chi connectivity index (χ1v) is 4.80. The van der Waals surface area contributed by atoms with Gasteiger partial charge in [-0.1, -0.05) is 12.8 Å². The van der Waals surface area contributed by atoms with Crippen LogP contribution in [0.2, 0.25) is 0 Å². The number of hydrazine groups is 1. The summed E-state index contributed by atoms with van der Waals surface area (Å²) in [6.07, 6.45) is 5.25. The normalized spacial score (nSPS) is 15.2. The van der Waals surface area contributed by atoms with E-state index >= 15 is 0 Å². The Morgan fingerprint density at radius 1 is 1.50 bits per heavy atom. The smallest absolute Gasteiger partial charge is 0.218 e. The molecule has 1 fully saturated rings. The zero-order valence-corrected chi connectivity index (χ0v) is 7.94. The molecule has 1 aliphatic carbocycles. The van der Waals surface area contributed by atoms with Gasteiger partial charge in [-0.15, -0.1) is 0 Å². The summed E-state index contributed by atoms with van der Waals surface area (Å²) in [4.78, 5) is 7.86. The third kappa shape index (κ3) is 2.56. The van der Waals surface area contributed by atoms with Crippen molar-refractivity contribution in [3.8, 4) is 5.88 Å². The van der Waals surface area contributed by atoms with Crippen molar-refractivity contribution in [1.82, 2.24) is 9.97 Å². The summed E-state index contributed by atoms with van der Waals surface area (Å²) >= 11 is 0. The molecule has 14 heavy (non-hydrogen) atoms. The van der Waals surface area contributed by atoms with E-state index in [9.17, 15) is 0 Å². The molecule has 1 aromatic rings. The summed E-state index contributed by atoms with van der Waals surface area (Å²) in [6, 6.07) is 1.69. The van der Waals surface area contributed by atoms with E-state index in [2.05, 4.69) is 15.4 Å². The van der Waals surface area contributed by atoms with Crippen LogP contribution in [0.4, 0.5) is 5.82 Å². The summed E-state index contributed by atoms with van der Waals surface area (Å²) in [5, 5.41) is 0. The van der Waals surface area contributed by atoms with Gasteiger partial charge in [0.15, 0.2) is 0 Å². The molecular weight excluding hydrogens is 180 g/mol. The van der Waals surface area contributed by atoms with Gasteiger partial charge < -0.3 is 10.2 Å². The number of nitrogens with two attached hydrogens (primary N) is 1. The maximum Gasteiger partial charge on any atom is 0.218 e. The second-order valence-electron chi connectivity index (χ2n) is 3.47. The quantitative estimate of drug-likeness (QED) is 0.539. The van der Waals surface area contributed by atoms with Crippen LogP contribution in [0.3, 0.4) is 0 Å². The average Bonchev–Trinajstić information content (AvgIpc) is 3.02. The van der Waals surface area contributed by atoms with E-state index in [-0.39, 0.29) is 0 Å². The van der Waals surface area contributed by atoms with Crippen LogP contribution in [0.15, 0.2) is 12.4 Å². The van der Waals surface area contributed by atoms with Crippen molar-refractivity contribution in [2.45, 2.75) is 19.3 Å². The Morgan fingerprint density at radius 2 is 2.36 bits per heavy atom. The van der Waals surface area contributed by atoms with Crippen LogP contribution in [0, 0.1) is 5.92 Å². The molecule has 3 N–H and O–H groups in total. The van der Waals surface area contributed by atoms with E-state index < -0.39 is 0 Å². The molecule has 5 heteroatoms. The number of anilines is 1. The molecule has 0 unspecified atom stereocenters. The van der Waals surface area contributed by atoms with E-state index in [0.717, 1.165) is 18.9 Å². The van der Waals surface area contributed by atoms with Crippen molar-refractivity contribution in [1.29, 1.82) is 0 Å². The predicted octanol–water partition coefficient (Wildman–Crippen LogP) is 0.941. The molecule has 1 aliphatic rings. The van der Waals surface area contributed by atoms with Gasteiger partial charge in [0.05, 0.1) is 6.61 Å². The molecule has 1 aromatic heterocycles. The van der Waals surface area contributed by atoms with Gasteiger partial charge in [-0.3, -0.25) is 0 Å². The van der Waals surface area contributed by atoms with Crippen LogP contribution in [0.5, 0.6) is 5.88 Å². The van der Waals surface area contributed by atoms with Gasteiger partial charge in [-0.25, -0.2) is 15.8 Å². The zero-order chi connectivity index (χ0) is 9.80. The van der Waals surface area contributed by atoms with Gasteiger partial charge >= 0.3 is 0 Å². The van der Waals surface area contributed by atoms with Crippen molar-refractivity contribution >= 4 is 5.82 Å². The van der Waals surface area contributed by atoms with Gasteiger partial charge in [-0.2, -0.15) is 0 Å². The molecule has 0 spiro atoms. The molecule has 0 aromatic carbocycles. The standard InChI is InChI=1S/C9H14N4O/c10-13-8-5-9(12-6-11-8)14-4-3-7-1-2-7/h5-7H,1-4,10H2,(H,11,12,13). The number of nitrogen functional groups attached to an aromatic ring is 1. The molecule has 76 valence electrons. The second kappa shape index (κ2) is 4.23. The molecule has 0 atom stereocenters. The fraction of sp³-hybridized carbons (Fsp3) is 0.556. The van der Waals surface area contributed by atoms with Crippen LogP contribution < -0.4 is 16.0 Å². The Balaban J connectivity index is 1.81. The van der Waals surface area contributed by atoms with Crippen molar-refractivity contribution in [3.05, 3.63) is 12.4 Å². The van der Waals surface area contributed by atoms with Gasteiger partial charge in [-0.05, 0) is 12.3 Å². The number of hydrogen-bond acceptors (Lipinski definition) is 5. The highest BCUT2D eigenvalue weighted by Gasteiger charge is 2.20. The molecule has 0 aliphatic heterocycles. The van der Waals surface area contributed by atoms with Crippen molar-refractivity contribution in [2.75, 3.05) is 12.0 Å². The fourth-order valence-corrected chi connectivity index (χ4v) is 1.23. The maximum atomic E-state index is 5.45. The Hall–Kier alpha value is -1.36. The maximum absolute atomic E-state index is 5.45.